The third-order valence-electron chi connectivity index (χ3n) is 6.15. The molecule has 4 nitrogen and oxygen atoms in total. The summed E-state index contributed by atoms with van der Waals surface area (Å²) in [4.78, 5) is 12.4. The molecule has 4 fully saturated rings. The van der Waals surface area contributed by atoms with Crippen molar-refractivity contribution >= 4 is 5.78 Å². The van der Waals surface area contributed by atoms with Gasteiger partial charge in [0.15, 0.2) is 5.78 Å². The molecule has 0 aliphatic heterocycles. The molecule has 126 valence electrons. The Labute approximate surface area is 142 Å². The van der Waals surface area contributed by atoms with Crippen molar-refractivity contribution in [2.45, 2.75) is 56.1 Å². The van der Waals surface area contributed by atoms with Crippen LogP contribution in [0.1, 0.15) is 49.7 Å². The van der Waals surface area contributed by atoms with Gasteiger partial charge in [0.25, 0.3) is 0 Å². The van der Waals surface area contributed by atoms with Gasteiger partial charge in [-0.3, -0.25) is 4.79 Å². The first-order valence-electron chi connectivity index (χ1n) is 8.96. The van der Waals surface area contributed by atoms with Crippen molar-refractivity contribution in [1.82, 2.24) is 5.32 Å². The van der Waals surface area contributed by atoms with E-state index in [1.165, 1.54) is 6.42 Å². The Kier molecular flexibility index (Phi) is 3.74. The summed E-state index contributed by atoms with van der Waals surface area (Å²) in [7, 11) is 0. The van der Waals surface area contributed by atoms with Gasteiger partial charge < -0.3 is 10.4 Å². The Morgan fingerprint density at radius 1 is 1.29 bits per heavy atom. The second-order valence-electron chi connectivity index (χ2n) is 8.35. The molecular formula is C20H24N2O2. The molecule has 2 atom stereocenters. The first-order chi connectivity index (χ1) is 11.5. The number of carbonyl (C=O) groups is 1. The highest BCUT2D eigenvalue weighted by Crippen LogP contribution is 2.57. The summed E-state index contributed by atoms with van der Waals surface area (Å²) >= 11 is 0. The lowest BCUT2D eigenvalue weighted by atomic mass is 9.51. The molecule has 4 saturated carbocycles. The SMILES string of the molecule is N#Cc1cccc(CC(=O)CNC23CC4CC(CC(O)(C4)C2)C3)c1. The van der Waals surface area contributed by atoms with Gasteiger partial charge in [0, 0.05) is 12.0 Å². The molecule has 4 bridgehead atoms. The predicted octanol–water partition coefficient (Wildman–Crippen LogP) is 2.34. The molecule has 0 spiro atoms. The van der Waals surface area contributed by atoms with Crippen molar-refractivity contribution in [3.63, 3.8) is 0 Å². The van der Waals surface area contributed by atoms with Crippen LogP contribution in [0.5, 0.6) is 0 Å². The number of Topliss-reactive ketones (excluding diaryl/α,β-unsaturated/α-hetero) is 1. The van der Waals surface area contributed by atoms with E-state index in [2.05, 4.69) is 11.4 Å². The van der Waals surface area contributed by atoms with Crippen LogP contribution in [0.4, 0.5) is 0 Å². The molecule has 0 heterocycles. The van der Waals surface area contributed by atoms with Gasteiger partial charge in [0.05, 0.1) is 23.8 Å². The summed E-state index contributed by atoms with van der Waals surface area (Å²) in [5, 5.41) is 23.2. The zero-order chi connectivity index (χ0) is 16.8. The van der Waals surface area contributed by atoms with Crippen LogP contribution in [0.3, 0.4) is 0 Å². The van der Waals surface area contributed by atoms with E-state index in [4.69, 9.17) is 5.26 Å². The highest BCUT2D eigenvalue weighted by Gasteiger charge is 2.56. The normalized spacial score (nSPS) is 36.5. The number of hydrogen-bond donors (Lipinski definition) is 2. The van der Waals surface area contributed by atoms with E-state index in [0.717, 1.165) is 37.7 Å². The van der Waals surface area contributed by atoms with Crippen LogP contribution >= 0.6 is 0 Å². The van der Waals surface area contributed by atoms with Crippen LogP contribution in [0.2, 0.25) is 0 Å². The Balaban J connectivity index is 1.38. The molecule has 4 aliphatic rings. The lowest BCUT2D eigenvalue weighted by molar-refractivity contribution is -0.144. The average Bonchev–Trinajstić information content (AvgIpc) is 2.51. The fraction of sp³-hybridized carbons (Fsp3) is 0.600. The minimum absolute atomic E-state index is 0.0387. The number of aliphatic hydroxyl groups is 1. The van der Waals surface area contributed by atoms with Crippen LogP contribution in [-0.4, -0.2) is 28.6 Å². The van der Waals surface area contributed by atoms with E-state index in [9.17, 15) is 9.90 Å². The Bertz CT molecular complexity index is 692. The second kappa shape index (κ2) is 5.68. The van der Waals surface area contributed by atoms with Crippen LogP contribution in [0.25, 0.3) is 0 Å². The lowest BCUT2D eigenvalue weighted by Crippen LogP contribution is -2.65. The molecule has 5 rings (SSSR count). The minimum Gasteiger partial charge on any atom is -0.390 e. The monoisotopic (exact) mass is 324 g/mol. The van der Waals surface area contributed by atoms with Gasteiger partial charge in [-0.2, -0.15) is 5.26 Å². The summed E-state index contributed by atoms with van der Waals surface area (Å²) in [6, 6.07) is 9.36. The van der Waals surface area contributed by atoms with E-state index in [0.29, 0.717) is 30.4 Å². The largest absolute Gasteiger partial charge is 0.390 e. The van der Waals surface area contributed by atoms with Gasteiger partial charge in [-0.05, 0) is 68.1 Å². The van der Waals surface area contributed by atoms with Crippen LogP contribution < -0.4 is 5.32 Å². The Hall–Kier alpha value is -1.70. The minimum atomic E-state index is -0.499. The highest BCUT2D eigenvalue weighted by molar-refractivity contribution is 5.83. The van der Waals surface area contributed by atoms with Gasteiger partial charge in [-0.1, -0.05) is 12.1 Å². The molecule has 2 unspecified atom stereocenters. The Morgan fingerprint density at radius 3 is 2.71 bits per heavy atom. The van der Waals surface area contributed by atoms with E-state index < -0.39 is 5.60 Å². The molecule has 1 aromatic carbocycles. The van der Waals surface area contributed by atoms with Crippen molar-refractivity contribution < 1.29 is 9.90 Å². The number of ketones is 1. The van der Waals surface area contributed by atoms with Crippen molar-refractivity contribution in [1.29, 1.82) is 5.26 Å². The first kappa shape index (κ1) is 15.8. The molecule has 0 aromatic heterocycles. The quantitative estimate of drug-likeness (QED) is 0.872. The van der Waals surface area contributed by atoms with E-state index >= 15 is 0 Å². The number of nitriles is 1. The predicted molar refractivity (Wildman–Crippen MR) is 90.2 cm³/mol. The lowest BCUT2D eigenvalue weighted by Gasteiger charge is -2.60. The third-order valence-corrected chi connectivity index (χ3v) is 6.15. The van der Waals surface area contributed by atoms with Gasteiger partial charge in [-0.25, -0.2) is 0 Å². The number of carbonyl (C=O) groups excluding carboxylic acids is 1. The molecule has 0 radical (unpaired) electrons. The van der Waals surface area contributed by atoms with Crippen molar-refractivity contribution in [3.8, 4) is 6.07 Å². The van der Waals surface area contributed by atoms with Crippen LogP contribution in [0, 0.1) is 23.2 Å². The fourth-order valence-electron chi connectivity index (χ4n) is 5.75. The summed E-state index contributed by atoms with van der Waals surface area (Å²) in [5.74, 6) is 1.38. The number of nitrogens with zero attached hydrogens (tertiary/aromatic N) is 1. The Morgan fingerprint density at radius 2 is 2.04 bits per heavy atom. The fourth-order valence-corrected chi connectivity index (χ4v) is 5.75. The third kappa shape index (κ3) is 2.99. The molecule has 4 heteroatoms. The van der Waals surface area contributed by atoms with Crippen molar-refractivity contribution in [2.24, 2.45) is 11.8 Å². The van der Waals surface area contributed by atoms with Gasteiger partial charge >= 0.3 is 0 Å². The summed E-state index contributed by atoms with van der Waals surface area (Å²) in [6.45, 7) is 0.353. The topological polar surface area (TPSA) is 73.1 Å². The smallest absolute Gasteiger partial charge is 0.150 e. The molecular weight excluding hydrogens is 300 g/mol. The van der Waals surface area contributed by atoms with Gasteiger partial charge in [0.1, 0.15) is 0 Å². The van der Waals surface area contributed by atoms with Crippen molar-refractivity contribution in [3.05, 3.63) is 35.4 Å². The molecule has 4 aliphatic carbocycles. The summed E-state index contributed by atoms with van der Waals surface area (Å²) < 4.78 is 0. The molecule has 0 amide bonds. The van der Waals surface area contributed by atoms with Gasteiger partial charge in [-0.15, -0.1) is 0 Å². The summed E-state index contributed by atoms with van der Waals surface area (Å²) in [5.41, 5.74) is 0.950. The first-order valence-corrected chi connectivity index (χ1v) is 8.96. The maximum atomic E-state index is 12.4. The van der Waals surface area contributed by atoms with E-state index in [-0.39, 0.29) is 11.3 Å². The molecule has 0 saturated heterocycles. The number of benzene rings is 1. The number of rotatable bonds is 5. The molecule has 24 heavy (non-hydrogen) atoms. The highest BCUT2D eigenvalue weighted by atomic mass is 16.3. The molecule has 1 aromatic rings. The molecule has 2 N–H and O–H groups in total. The standard InChI is InChI=1S/C20H24N2O2/c21-11-15-3-1-2-14(4-15)6-18(23)12-22-19-7-16-5-17(8-19)10-20(24,9-16)13-19/h1-4,16-17,22,24H,5-10,12-13H2. The average molecular weight is 324 g/mol. The maximum absolute atomic E-state index is 12.4. The zero-order valence-electron chi connectivity index (χ0n) is 13.9. The van der Waals surface area contributed by atoms with Crippen LogP contribution in [0.15, 0.2) is 24.3 Å². The number of hydrogen-bond acceptors (Lipinski definition) is 4. The van der Waals surface area contributed by atoms with E-state index in [1.54, 1.807) is 12.1 Å². The van der Waals surface area contributed by atoms with Gasteiger partial charge in [0.2, 0.25) is 0 Å². The van der Waals surface area contributed by atoms with E-state index in [1.807, 2.05) is 12.1 Å². The van der Waals surface area contributed by atoms with Crippen molar-refractivity contribution in [2.75, 3.05) is 6.54 Å². The van der Waals surface area contributed by atoms with Crippen LogP contribution in [-0.2, 0) is 11.2 Å². The maximum Gasteiger partial charge on any atom is 0.150 e. The second-order valence-corrected chi connectivity index (χ2v) is 8.35. The number of nitrogens with one attached hydrogen (secondary N) is 1. The summed E-state index contributed by atoms with van der Waals surface area (Å²) in [6.07, 6.45) is 6.50. The zero-order valence-corrected chi connectivity index (χ0v) is 13.9.